The van der Waals surface area contributed by atoms with Crippen LogP contribution in [0.5, 0.6) is 0 Å². The molecule has 0 saturated heterocycles. The number of rotatable bonds is 1. The van der Waals surface area contributed by atoms with Crippen LogP contribution >= 0.6 is 0 Å². The van der Waals surface area contributed by atoms with E-state index < -0.39 is 11.5 Å². The second kappa shape index (κ2) is 3.28. The first-order valence-corrected chi connectivity index (χ1v) is 5.10. The van der Waals surface area contributed by atoms with E-state index in [1.165, 1.54) is 6.07 Å². The molecule has 84 valence electrons. The van der Waals surface area contributed by atoms with Crippen molar-refractivity contribution in [3.05, 3.63) is 51.7 Å². The zero-order valence-electron chi connectivity index (χ0n) is 8.73. The van der Waals surface area contributed by atoms with Crippen molar-refractivity contribution < 1.29 is 9.90 Å². The molecule has 0 atom stereocenters. The maximum Gasteiger partial charge on any atom is 0.341 e. The average molecular weight is 228 g/mol. The van der Waals surface area contributed by atoms with Gasteiger partial charge in [0.2, 0.25) is 0 Å². The lowest BCUT2D eigenvalue weighted by molar-refractivity contribution is 0.0695. The summed E-state index contributed by atoms with van der Waals surface area (Å²) in [5.41, 5.74) is 2.44. The van der Waals surface area contributed by atoms with Gasteiger partial charge in [-0.05, 0) is 12.1 Å². The number of nitrogens with one attached hydrogen (secondary N) is 1. The minimum absolute atomic E-state index is 0.236. The van der Waals surface area contributed by atoms with E-state index in [0.29, 0.717) is 6.42 Å². The highest BCUT2D eigenvalue weighted by molar-refractivity contribution is 5.90. The number of nitrogens with zero attached hydrogens (tertiary/aromatic N) is 1. The maximum absolute atomic E-state index is 11.5. The van der Waals surface area contributed by atoms with Crippen molar-refractivity contribution in [3.63, 3.8) is 0 Å². The number of pyridine rings is 2. The van der Waals surface area contributed by atoms with Gasteiger partial charge in [0.15, 0.2) is 0 Å². The second-order valence-corrected chi connectivity index (χ2v) is 3.88. The van der Waals surface area contributed by atoms with Gasteiger partial charge < -0.3 is 10.1 Å². The molecule has 1 aliphatic carbocycles. The largest absolute Gasteiger partial charge is 0.477 e. The van der Waals surface area contributed by atoms with E-state index in [2.05, 4.69) is 9.97 Å². The normalized spacial score (nSPS) is 12.0. The Bertz CT molecular complexity index is 688. The Labute approximate surface area is 95.8 Å². The molecule has 3 rings (SSSR count). The molecule has 17 heavy (non-hydrogen) atoms. The fourth-order valence-electron chi connectivity index (χ4n) is 2.10. The Kier molecular flexibility index (Phi) is 1.89. The molecule has 5 heteroatoms. The number of aromatic carboxylic acids is 1. The SMILES string of the molecule is O=C(O)c1cc2c([nH]c1=O)Cc1ncccc1-2. The number of H-pyrrole nitrogens is 1. The first kappa shape index (κ1) is 9.77. The van der Waals surface area contributed by atoms with Crippen LogP contribution in [0, 0.1) is 0 Å². The quantitative estimate of drug-likeness (QED) is 0.651. The molecule has 2 N–H and O–H groups in total. The standard InChI is InChI=1S/C12H8N2O3/c15-11-8(12(16)17)4-7-6-2-1-3-13-9(6)5-10(7)14-11/h1-4H,5H2,(H,14,15)(H,16,17). The molecule has 2 aromatic rings. The molecule has 2 heterocycles. The Morgan fingerprint density at radius 1 is 1.41 bits per heavy atom. The zero-order valence-corrected chi connectivity index (χ0v) is 8.73. The molecule has 0 aliphatic heterocycles. The molecule has 0 spiro atoms. The van der Waals surface area contributed by atoms with Gasteiger partial charge in [0.1, 0.15) is 5.56 Å². The van der Waals surface area contributed by atoms with E-state index in [9.17, 15) is 9.59 Å². The van der Waals surface area contributed by atoms with Crippen molar-refractivity contribution in [3.8, 4) is 11.1 Å². The predicted molar refractivity (Wildman–Crippen MR) is 60.1 cm³/mol. The summed E-state index contributed by atoms with van der Waals surface area (Å²) in [5.74, 6) is -1.22. The fourth-order valence-corrected chi connectivity index (χ4v) is 2.10. The van der Waals surface area contributed by atoms with E-state index in [0.717, 1.165) is 22.5 Å². The van der Waals surface area contributed by atoms with Gasteiger partial charge in [0.05, 0.1) is 5.69 Å². The van der Waals surface area contributed by atoms with Crippen molar-refractivity contribution in [1.82, 2.24) is 9.97 Å². The van der Waals surface area contributed by atoms with Crippen LogP contribution in [-0.2, 0) is 6.42 Å². The smallest absolute Gasteiger partial charge is 0.341 e. The number of aromatic amines is 1. The molecule has 1 aliphatic rings. The summed E-state index contributed by atoms with van der Waals surface area (Å²) in [6.45, 7) is 0. The van der Waals surface area contributed by atoms with Gasteiger partial charge in [-0.15, -0.1) is 0 Å². The Morgan fingerprint density at radius 2 is 2.24 bits per heavy atom. The summed E-state index contributed by atoms with van der Waals surface area (Å²) >= 11 is 0. The van der Waals surface area contributed by atoms with Crippen molar-refractivity contribution in [1.29, 1.82) is 0 Å². The number of hydrogen-bond donors (Lipinski definition) is 2. The Morgan fingerprint density at radius 3 is 3.00 bits per heavy atom. The molecule has 0 radical (unpaired) electrons. The van der Waals surface area contributed by atoms with Gasteiger partial charge in [0.25, 0.3) is 5.56 Å². The van der Waals surface area contributed by atoms with E-state index in [1.54, 1.807) is 12.3 Å². The van der Waals surface area contributed by atoms with Crippen molar-refractivity contribution >= 4 is 5.97 Å². The van der Waals surface area contributed by atoms with Crippen LogP contribution < -0.4 is 5.56 Å². The number of carboxylic acid groups (broad SMARTS) is 1. The minimum atomic E-state index is -1.22. The van der Waals surface area contributed by atoms with Gasteiger partial charge in [-0.2, -0.15) is 0 Å². The molecule has 0 fully saturated rings. The minimum Gasteiger partial charge on any atom is -0.477 e. The highest BCUT2D eigenvalue weighted by Crippen LogP contribution is 2.33. The van der Waals surface area contributed by atoms with E-state index in [1.807, 2.05) is 6.07 Å². The highest BCUT2D eigenvalue weighted by atomic mass is 16.4. The number of carboxylic acids is 1. The van der Waals surface area contributed by atoms with E-state index >= 15 is 0 Å². The number of fused-ring (bicyclic) bond motifs is 3. The predicted octanol–water partition coefficient (Wildman–Crippen LogP) is 1.04. The third kappa shape index (κ3) is 1.36. The van der Waals surface area contributed by atoms with Gasteiger partial charge in [-0.25, -0.2) is 4.79 Å². The summed E-state index contributed by atoms with van der Waals surface area (Å²) in [6.07, 6.45) is 2.22. The lowest BCUT2D eigenvalue weighted by atomic mass is 10.1. The summed E-state index contributed by atoms with van der Waals surface area (Å²) in [4.78, 5) is 29.2. The van der Waals surface area contributed by atoms with Gasteiger partial charge in [-0.1, -0.05) is 6.07 Å². The first-order valence-electron chi connectivity index (χ1n) is 5.10. The fraction of sp³-hybridized carbons (Fsp3) is 0.0833. The van der Waals surface area contributed by atoms with Gasteiger partial charge in [-0.3, -0.25) is 9.78 Å². The topological polar surface area (TPSA) is 83.0 Å². The second-order valence-electron chi connectivity index (χ2n) is 3.88. The van der Waals surface area contributed by atoms with Crippen molar-refractivity contribution in [2.24, 2.45) is 0 Å². The molecule has 0 bridgehead atoms. The van der Waals surface area contributed by atoms with Crippen LogP contribution in [0.15, 0.2) is 29.2 Å². The molecule has 0 amide bonds. The highest BCUT2D eigenvalue weighted by Gasteiger charge is 2.22. The number of aromatic nitrogens is 2. The molecule has 0 aromatic carbocycles. The van der Waals surface area contributed by atoms with Crippen LogP contribution in [0.25, 0.3) is 11.1 Å². The summed E-state index contributed by atoms with van der Waals surface area (Å²) < 4.78 is 0. The van der Waals surface area contributed by atoms with Crippen LogP contribution in [0.1, 0.15) is 21.7 Å². The van der Waals surface area contributed by atoms with E-state index in [-0.39, 0.29) is 5.56 Å². The van der Waals surface area contributed by atoms with Gasteiger partial charge in [0, 0.05) is 29.4 Å². The van der Waals surface area contributed by atoms with Crippen LogP contribution in [0.2, 0.25) is 0 Å². The summed E-state index contributed by atoms with van der Waals surface area (Å²) in [5, 5.41) is 8.91. The number of hydrogen-bond acceptors (Lipinski definition) is 3. The molecule has 0 unspecified atom stereocenters. The van der Waals surface area contributed by atoms with Gasteiger partial charge >= 0.3 is 5.97 Å². The molecule has 0 saturated carbocycles. The lowest BCUT2D eigenvalue weighted by Gasteiger charge is -2.01. The summed E-state index contributed by atoms with van der Waals surface area (Å²) in [6, 6.07) is 5.08. The third-order valence-electron chi connectivity index (χ3n) is 2.88. The average Bonchev–Trinajstić information content (AvgIpc) is 2.64. The number of carbonyl (C=O) groups is 1. The maximum atomic E-state index is 11.5. The third-order valence-corrected chi connectivity index (χ3v) is 2.88. The summed E-state index contributed by atoms with van der Waals surface area (Å²) in [7, 11) is 0. The Balaban J connectivity index is 2.30. The van der Waals surface area contributed by atoms with Crippen molar-refractivity contribution in [2.75, 3.05) is 0 Å². The molecule has 5 nitrogen and oxygen atoms in total. The Hall–Kier alpha value is -2.43. The van der Waals surface area contributed by atoms with E-state index in [4.69, 9.17) is 5.11 Å². The van der Waals surface area contributed by atoms with Crippen LogP contribution in [0.4, 0.5) is 0 Å². The molecular formula is C12H8N2O3. The van der Waals surface area contributed by atoms with Crippen LogP contribution in [-0.4, -0.2) is 21.0 Å². The first-order chi connectivity index (χ1) is 8.16. The molecule has 2 aromatic heterocycles. The van der Waals surface area contributed by atoms with Crippen LogP contribution in [0.3, 0.4) is 0 Å². The lowest BCUT2D eigenvalue weighted by Crippen LogP contribution is -2.18. The van der Waals surface area contributed by atoms with Crippen molar-refractivity contribution in [2.45, 2.75) is 6.42 Å². The monoisotopic (exact) mass is 228 g/mol. The zero-order chi connectivity index (χ0) is 12.0. The molecular weight excluding hydrogens is 220 g/mol.